The molecule has 0 amide bonds. The third-order valence-corrected chi connectivity index (χ3v) is 12.3. The van der Waals surface area contributed by atoms with Crippen LogP contribution < -0.4 is 0 Å². The Balaban J connectivity index is 1.13. The van der Waals surface area contributed by atoms with Crippen molar-refractivity contribution >= 4 is 5.78 Å². The number of hydrogen-bond donors (Lipinski definition) is 0. The third-order valence-electron chi connectivity index (χ3n) is 12.3. The molecule has 0 bridgehead atoms. The molecule has 0 fully saturated rings. The Labute approximate surface area is 309 Å². The minimum atomic E-state index is -0.574. The summed E-state index contributed by atoms with van der Waals surface area (Å²) in [6.45, 7) is 2.20. The second kappa shape index (κ2) is 11.0. The van der Waals surface area contributed by atoms with Gasteiger partial charge in [0.2, 0.25) is 0 Å². The Morgan fingerprint density at radius 1 is 0.340 bits per heavy atom. The average Bonchev–Trinajstić information content (AvgIpc) is 3.81. The first kappa shape index (κ1) is 30.1. The van der Waals surface area contributed by atoms with E-state index in [1.165, 1.54) is 77.9 Å². The maximum absolute atomic E-state index is 15.0. The zero-order valence-corrected chi connectivity index (χ0v) is 29.3. The molecule has 3 aliphatic carbocycles. The van der Waals surface area contributed by atoms with E-state index in [1.54, 1.807) is 0 Å². The highest BCUT2D eigenvalue weighted by Crippen LogP contribution is 2.63. The van der Waals surface area contributed by atoms with E-state index in [0.29, 0.717) is 11.1 Å². The van der Waals surface area contributed by atoms with Gasteiger partial charge in [0, 0.05) is 11.1 Å². The summed E-state index contributed by atoms with van der Waals surface area (Å²) in [6.07, 6.45) is 0. The lowest BCUT2D eigenvalue weighted by molar-refractivity contribution is 0.103. The molecule has 1 heteroatoms. The van der Waals surface area contributed by atoms with E-state index in [9.17, 15) is 0 Å². The Bertz CT molecular complexity index is 2760. The minimum absolute atomic E-state index is 0.0315. The van der Waals surface area contributed by atoms with Crippen molar-refractivity contribution < 1.29 is 4.79 Å². The fourth-order valence-electron chi connectivity index (χ4n) is 10.3. The van der Waals surface area contributed by atoms with E-state index in [-0.39, 0.29) is 5.78 Å². The molecule has 8 aromatic rings. The number of fused-ring (bicyclic) bond motifs is 13. The quantitative estimate of drug-likeness (QED) is 0.170. The Hall–Kier alpha value is -6.57. The summed E-state index contributed by atoms with van der Waals surface area (Å²) < 4.78 is 0. The zero-order valence-electron chi connectivity index (χ0n) is 29.3. The van der Waals surface area contributed by atoms with E-state index in [2.05, 4.69) is 183 Å². The summed E-state index contributed by atoms with van der Waals surface area (Å²) >= 11 is 0. The predicted octanol–water partition coefficient (Wildman–Crippen LogP) is 11.9. The molecule has 0 saturated carbocycles. The van der Waals surface area contributed by atoms with Crippen molar-refractivity contribution in [1.29, 1.82) is 0 Å². The molecule has 0 saturated heterocycles. The van der Waals surface area contributed by atoms with Crippen molar-refractivity contribution in [3.8, 4) is 33.4 Å². The fraction of sp³-hybridized carbons (Fsp3) is 0.0577. The zero-order chi connectivity index (χ0) is 35.3. The van der Waals surface area contributed by atoms with Crippen LogP contribution in [0.25, 0.3) is 33.4 Å². The summed E-state index contributed by atoms with van der Waals surface area (Å²) in [6, 6.07) is 67.5. The van der Waals surface area contributed by atoms with Crippen LogP contribution in [-0.4, -0.2) is 5.78 Å². The van der Waals surface area contributed by atoms with Crippen LogP contribution in [0.4, 0.5) is 0 Å². The highest BCUT2D eigenvalue weighted by molar-refractivity contribution is 6.11. The van der Waals surface area contributed by atoms with Gasteiger partial charge in [-0.05, 0) is 103 Å². The number of aryl methyl sites for hydroxylation is 1. The van der Waals surface area contributed by atoms with E-state index in [4.69, 9.17) is 0 Å². The lowest BCUT2D eigenvalue weighted by Crippen LogP contribution is -2.29. The second-order valence-corrected chi connectivity index (χ2v) is 14.7. The fourth-order valence-corrected chi connectivity index (χ4v) is 10.3. The standard InChI is InChI=1S/C52H34O/c1-33-15-5-10-22-43(33)51(36-16-3-2-4-17-36)44-23-11-6-20-39(44)41-29-27-34(31-48(41)51)50(53)35-28-30-42-40-21-9-14-26-47(40)52(49(42)32-35)45-24-12-7-18-37(45)38-19-8-13-25-46(38)52/h2-32H,1H3. The molecular formula is C52H34O. The van der Waals surface area contributed by atoms with Crippen molar-refractivity contribution in [2.45, 2.75) is 17.8 Å². The van der Waals surface area contributed by atoms with Crippen molar-refractivity contribution in [2.24, 2.45) is 0 Å². The smallest absolute Gasteiger partial charge is 0.193 e. The lowest BCUT2D eigenvalue weighted by Gasteiger charge is -2.35. The monoisotopic (exact) mass is 674 g/mol. The van der Waals surface area contributed by atoms with Crippen LogP contribution in [0.2, 0.25) is 0 Å². The van der Waals surface area contributed by atoms with Crippen LogP contribution in [0.1, 0.15) is 66.0 Å². The van der Waals surface area contributed by atoms with Crippen LogP contribution in [0, 0.1) is 6.92 Å². The molecule has 3 aliphatic rings. The summed E-state index contributed by atoms with van der Waals surface area (Å²) in [5, 5.41) is 0. The SMILES string of the molecule is Cc1ccccc1C1(c2ccccc2)c2ccccc2-c2ccc(C(=O)c3ccc4c(c3)C3(c5ccccc5-c5ccccc53)c3ccccc3-4)cc21. The molecule has 0 N–H and O–H groups in total. The topological polar surface area (TPSA) is 17.1 Å². The van der Waals surface area contributed by atoms with Gasteiger partial charge >= 0.3 is 0 Å². The number of rotatable bonds is 4. The Morgan fingerprint density at radius 3 is 1.17 bits per heavy atom. The minimum Gasteiger partial charge on any atom is -0.289 e. The van der Waals surface area contributed by atoms with Gasteiger partial charge < -0.3 is 0 Å². The molecule has 248 valence electrons. The summed E-state index contributed by atoms with van der Waals surface area (Å²) in [5.74, 6) is 0.0315. The molecule has 1 spiro atoms. The van der Waals surface area contributed by atoms with E-state index in [1.807, 2.05) is 12.1 Å². The summed E-state index contributed by atoms with van der Waals surface area (Å²) in [7, 11) is 0. The van der Waals surface area contributed by atoms with Gasteiger partial charge in [-0.3, -0.25) is 4.79 Å². The molecule has 1 nitrogen and oxygen atoms in total. The predicted molar refractivity (Wildman–Crippen MR) is 215 cm³/mol. The Kier molecular flexibility index (Phi) is 6.23. The number of hydrogen-bond acceptors (Lipinski definition) is 1. The lowest BCUT2D eigenvalue weighted by atomic mass is 9.66. The number of carbonyl (C=O) groups is 1. The summed E-state index contributed by atoms with van der Waals surface area (Å²) in [4.78, 5) is 15.0. The van der Waals surface area contributed by atoms with Gasteiger partial charge in [-0.25, -0.2) is 0 Å². The van der Waals surface area contributed by atoms with Crippen molar-refractivity contribution in [2.75, 3.05) is 0 Å². The van der Waals surface area contributed by atoms with Gasteiger partial charge in [0.25, 0.3) is 0 Å². The molecule has 53 heavy (non-hydrogen) atoms. The van der Waals surface area contributed by atoms with E-state index >= 15 is 4.79 Å². The third kappa shape index (κ3) is 3.79. The Morgan fingerprint density at radius 2 is 0.698 bits per heavy atom. The van der Waals surface area contributed by atoms with Gasteiger partial charge in [-0.2, -0.15) is 0 Å². The van der Waals surface area contributed by atoms with E-state index in [0.717, 1.165) is 5.56 Å². The molecule has 0 radical (unpaired) electrons. The first-order valence-corrected chi connectivity index (χ1v) is 18.5. The van der Waals surface area contributed by atoms with Gasteiger partial charge in [-0.1, -0.05) is 176 Å². The van der Waals surface area contributed by atoms with Gasteiger partial charge in [0.05, 0.1) is 10.8 Å². The van der Waals surface area contributed by atoms with Crippen molar-refractivity contribution in [1.82, 2.24) is 0 Å². The highest BCUT2D eigenvalue weighted by Gasteiger charge is 2.52. The number of benzene rings is 8. The maximum atomic E-state index is 15.0. The first-order chi connectivity index (χ1) is 26.1. The van der Waals surface area contributed by atoms with Crippen LogP contribution in [0.5, 0.6) is 0 Å². The van der Waals surface area contributed by atoms with Gasteiger partial charge in [-0.15, -0.1) is 0 Å². The van der Waals surface area contributed by atoms with Crippen LogP contribution in [-0.2, 0) is 10.8 Å². The molecule has 0 aromatic heterocycles. The highest BCUT2D eigenvalue weighted by atomic mass is 16.1. The van der Waals surface area contributed by atoms with Gasteiger partial charge in [0.1, 0.15) is 0 Å². The van der Waals surface area contributed by atoms with Crippen LogP contribution in [0.15, 0.2) is 188 Å². The summed E-state index contributed by atoms with van der Waals surface area (Å²) in [5.41, 5.74) is 18.7. The first-order valence-electron chi connectivity index (χ1n) is 18.5. The molecule has 0 heterocycles. The molecule has 1 unspecified atom stereocenters. The van der Waals surface area contributed by atoms with Crippen molar-refractivity contribution in [3.05, 3.63) is 249 Å². The normalized spacial score (nSPS) is 16.3. The van der Waals surface area contributed by atoms with E-state index < -0.39 is 10.8 Å². The second-order valence-electron chi connectivity index (χ2n) is 14.7. The van der Waals surface area contributed by atoms with Crippen LogP contribution >= 0.6 is 0 Å². The molecule has 8 aromatic carbocycles. The molecule has 1 atom stereocenters. The average molecular weight is 675 g/mol. The molecule has 11 rings (SSSR count). The maximum Gasteiger partial charge on any atom is 0.193 e. The molecule has 0 aliphatic heterocycles. The molecular weight excluding hydrogens is 641 g/mol. The number of carbonyl (C=O) groups excluding carboxylic acids is 1. The largest absolute Gasteiger partial charge is 0.289 e. The van der Waals surface area contributed by atoms with Gasteiger partial charge in [0.15, 0.2) is 5.78 Å². The van der Waals surface area contributed by atoms with Crippen LogP contribution in [0.3, 0.4) is 0 Å². The number of ketones is 1. The van der Waals surface area contributed by atoms with Crippen molar-refractivity contribution in [3.63, 3.8) is 0 Å².